The summed E-state index contributed by atoms with van der Waals surface area (Å²) in [6.45, 7) is 0.575. The molecular weight excluding hydrogens is 273 g/mol. The standard InChI is InChI=1S/C13H13F3N2O2/c14-13(15,16)9-5-3-8(4-6-9)11(19)18-10-2-1-7-17-12(10)20/h3-6,10H,1-2,7H2,(H,17,20)(H,18,19). The van der Waals surface area contributed by atoms with Crippen LogP contribution in [0.1, 0.15) is 28.8 Å². The summed E-state index contributed by atoms with van der Waals surface area (Å²) in [5, 5.41) is 5.13. The van der Waals surface area contributed by atoms with Crippen molar-refractivity contribution >= 4 is 11.8 Å². The second-order valence-electron chi connectivity index (χ2n) is 4.53. The van der Waals surface area contributed by atoms with E-state index in [1.807, 2.05) is 0 Å². The molecule has 1 saturated heterocycles. The number of carbonyl (C=O) groups is 2. The van der Waals surface area contributed by atoms with Crippen LogP contribution < -0.4 is 10.6 Å². The van der Waals surface area contributed by atoms with Crippen LogP contribution in [0.3, 0.4) is 0 Å². The van der Waals surface area contributed by atoms with E-state index in [0.29, 0.717) is 13.0 Å². The molecule has 1 aliphatic rings. The summed E-state index contributed by atoms with van der Waals surface area (Å²) in [7, 11) is 0. The molecule has 0 saturated carbocycles. The first-order chi connectivity index (χ1) is 9.38. The van der Waals surface area contributed by atoms with Crippen LogP contribution in [-0.2, 0) is 11.0 Å². The van der Waals surface area contributed by atoms with Crippen molar-refractivity contribution in [3.8, 4) is 0 Å². The highest BCUT2D eigenvalue weighted by Gasteiger charge is 2.30. The van der Waals surface area contributed by atoms with Crippen LogP contribution in [-0.4, -0.2) is 24.4 Å². The molecule has 20 heavy (non-hydrogen) atoms. The molecule has 1 aromatic carbocycles. The number of benzene rings is 1. The lowest BCUT2D eigenvalue weighted by Gasteiger charge is -2.22. The number of hydrogen-bond donors (Lipinski definition) is 2. The van der Waals surface area contributed by atoms with Crippen molar-refractivity contribution in [1.29, 1.82) is 0 Å². The molecule has 7 heteroatoms. The fourth-order valence-corrected chi connectivity index (χ4v) is 1.96. The summed E-state index contributed by atoms with van der Waals surface area (Å²) in [6, 6.07) is 3.25. The number of rotatable bonds is 2. The number of amides is 2. The third-order valence-electron chi connectivity index (χ3n) is 3.07. The van der Waals surface area contributed by atoms with E-state index in [-0.39, 0.29) is 11.5 Å². The lowest BCUT2D eigenvalue weighted by Crippen LogP contribution is -2.50. The molecule has 1 fully saturated rings. The fourth-order valence-electron chi connectivity index (χ4n) is 1.96. The van der Waals surface area contributed by atoms with Gasteiger partial charge >= 0.3 is 6.18 Å². The summed E-state index contributed by atoms with van der Waals surface area (Å²) in [4.78, 5) is 23.3. The maximum absolute atomic E-state index is 12.4. The van der Waals surface area contributed by atoms with Gasteiger partial charge in [0.05, 0.1) is 5.56 Å². The molecule has 0 aromatic heterocycles. The van der Waals surface area contributed by atoms with Crippen molar-refractivity contribution in [2.24, 2.45) is 0 Å². The van der Waals surface area contributed by atoms with Gasteiger partial charge in [0.15, 0.2) is 0 Å². The molecule has 1 aliphatic heterocycles. The third kappa shape index (κ3) is 3.28. The minimum absolute atomic E-state index is 0.0939. The molecule has 0 spiro atoms. The number of halogens is 3. The van der Waals surface area contributed by atoms with Crippen molar-refractivity contribution in [2.45, 2.75) is 25.1 Å². The Balaban J connectivity index is 2.04. The number of nitrogens with one attached hydrogen (secondary N) is 2. The number of hydrogen-bond acceptors (Lipinski definition) is 2. The Labute approximate surface area is 113 Å². The molecule has 4 nitrogen and oxygen atoms in total. The second kappa shape index (κ2) is 5.52. The summed E-state index contributed by atoms with van der Waals surface area (Å²) in [5.74, 6) is -0.822. The summed E-state index contributed by atoms with van der Waals surface area (Å²) in [5.41, 5.74) is -0.721. The second-order valence-corrected chi connectivity index (χ2v) is 4.53. The van der Waals surface area contributed by atoms with E-state index in [1.54, 1.807) is 0 Å². The van der Waals surface area contributed by atoms with Crippen LogP contribution in [0.15, 0.2) is 24.3 Å². The lowest BCUT2D eigenvalue weighted by atomic mass is 10.1. The molecular formula is C13H13F3N2O2. The molecule has 0 aliphatic carbocycles. The molecule has 2 N–H and O–H groups in total. The van der Waals surface area contributed by atoms with Crippen molar-refractivity contribution in [3.05, 3.63) is 35.4 Å². The monoisotopic (exact) mass is 286 g/mol. The first-order valence-corrected chi connectivity index (χ1v) is 6.14. The van der Waals surface area contributed by atoms with Crippen molar-refractivity contribution in [3.63, 3.8) is 0 Å². The van der Waals surface area contributed by atoms with E-state index >= 15 is 0 Å². The van der Waals surface area contributed by atoms with E-state index in [2.05, 4.69) is 10.6 Å². The summed E-state index contributed by atoms with van der Waals surface area (Å²) < 4.78 is 37.2. The Hall–Kier alpha value is -2.05. The van der Waals surface area contributed by atoms with Gasteiger partial charge in [0.25, 0.3) is 5.91 Å². The normalized spacial score (nSPS) is 19.4. The number of alkyl halides is 3. The van der Waals surface area contributed by atoms with Gasteiger partial charge in [-0.25, -0.2) is 0 Å². The average molecular weight is 286 g/mol. The summed E-state index contributed by atoms with van der Waals surface area (Å²) >= 11 is 0. The quantitative estimate of drug-likeness (QED) is 0.869. The Kier molecular flexibility index (Phi) is 3.96. The van der Waals surface area contributed by atoms with E-state index in [4.69, 9.17) is 0 Å². The lowest BCUT2D eigenvalue weighted by molar-refractivity contribution is -0.137. The number of piperidine rings is 1. The molecule has 2 rings (SSSR count). The third-order valence-corrected chi connectivity index (χ3v) is 3.07. The molecule has 1 heterocycles. The minimum atomic E-state index is -4.43. The van der Waals surface area contributed by atoms with Crippen LogP contribution in [0.4, 0.5) is 13.2 Å². The Morgan fingerprint density at radius 1 is 1.25 bits per heavy atom. The highest BCUT2D eigenvalue weighted by molar-refractivity contribution is 5.97. The van der Waals surface area contributed by atoms with Gasteiger partial charge in [0, 0.05) is 12.1 Å². The molecule has 1 aromatic rings. The molecule has 1 unspecified atom stereocenters. The summed E-state index contributed by atoms with van der Waals surface area (Å²) in [6.07, 6.45) is -3.15. The first kappa shape index (κ1) is 14.4. The van der Waals surface area contributed by atoms with Gasteiger partial charge in [-0.15, -0.1) is 0 Å². The largest absolute Gasteiger partial charge is 0.416 e. The maximum Gasteiger partial charge on any atom is 0.416 e. The van der Waals surface area contributed by atoms with Crippen LogP contribution in [0.2, 0.25) is 0 Å². The van der Waals surface area contributed by atoms with Gasteiger partial charge in [-0.2, -0.15) is 13.2 Å². The smallest absolute Gasteiger partial charge is 0.354 e. The SMILES string of the molecule is O=C(NC1CCCNC1=O)c1ccc(C(F)(F)F)cc1. The van der Waals surface area contributed by atoms with Gasteiger partial charge in [-0.1, -0.05) is 0 Å². The predicted molar refractivity (Wildman–Crippen MR) is 64.9 cm³/mol. The molecule has 2 amide bonds. The molecule has 1 atom stereocenters. The first-order valence-electron chi connectivity index (χ1n) is 6.14. The van der Waals surface area contributed by atoms with Crippen molar-refractivity contribution < 1.29 is 22.8 Å². The Bertz CT molecular complexity index is 511. The zero-order chi connectivity index (χ0) is 14.8. The molecule has 0 bridgehead atoms. The van der Waals surface area contributed by atoms with Gasteiger partial charge in [-0.3, -0.25) is 9.59 Å². The zero-order valence-corrected chi connectivity index (χ0v) is 10.5. The Morgan fingerprint density at radius 2 is 1.90 bits per heavy atom. The van der Waals surface area contributed by atoms with Crippen LogP contribution in [0.25, 0.3) is 0 Å². The Morgan fingerprint density at radius 3 is 2.45 bits per heavy atom. The van der Waals surface area contributed by atoms with E-state index in [1.165, 1.54) is 0 Å². The predicted octanol–water partition coefficient (Wildman–Crippen LogP) is 1.71. The van der Waals surface area contributed by atoms with Crippen molar-refractivity contribution in [2.75, 3.05) is 6.54 Å². The van der Waals surface area contributed by atoms with Gasteiger partial charge < -0.3 is 10.6 Å². The van der Waals surface area contributed by atoms with E-state index < -0.39 is 23.7 Å². The number of carbonyl (C=O) groups excluding carboxylic acids is 2. The van der Waals surface area contributed by atoms with Gasteiger partial charge in [0.1, 0.15) is 6.04 Å². The van der Waals surface area contributed by atoms with Crippen molar-refractivity contribution in [1.82, 2.24) is 10.6 Å². The van der Waals surface area contributed by atoms with Crippen LogP contribution >= 0.6 is 0 Å². The fraction of sp³-hybridized carbons (Fsp3) is 0.385. The zero-order valence-electron chi connectivity index (χ0n) is 10.5. The molecule has 108 valence electrons. The highest BCUT2D eigenvalue weighted by Crippen LogP contribution is 2.29. The molecule has 0 radical (unpaired) electrons. The average Bonchev–Trinajstić information content (AvgIpc) is 2.40. The van der Waals surface area contributed by atoms with Crippen LogP contribution in [0.5, 0.6) is 0 Å². The van der Waals surface area contributed by atoms with Crippen LogP contribution in [0, 0.1) is 0 Å². The van der Waals surface area contributed by atoms with Gasteiger partial charge in [-0.05, 0) is 37.1 Å². The van der Waals surface area contributed by atoms with E-state index in [9.17, 15) is 22.8 Å². The van der Waals surface area contributed by atoms with Gasteiger partial charge in [0.2, 0.25) is 5.91 Å². The van der Waals surface area contributed by atoms with E-state index in [0.717, 1.165) is 30.7 Å². The topological polar surface area (TPSA) is 58.2 Å². The minimum Gasteiger partial charge on any atom is -0.354 e. The highest BCUT2D eigenvalue weighted by atomic mass is 19.4. The maximum atomic E-state index is 12.4.